The van der Waals surface area contributed by atoms with Crippen LogP contribution in [-0.2, 0) is 25.9 Å². The second-order valence-corrected chi connectivity index (χ2v) is 7.87. The zero-order chi connectivity index (χ0) is 19.6. The standard InChI is InChI=1S/C23H27N5O/c1-2-21(18-6-5-17-8-12-29-22(17)13-18)27-11-7-20-19(14-27)15-28(26-20)16-23-24-9-3-4-10-25-23/h3-6,9,13,15,21H,2,7-8,10-12,14,16H2,1H3/t21-/m1/s1. The third-order valence-corrected chi connectivity index (χ3v) is 5.99. The molecule has 6 heteroatoms. The zero-order valence-corrected chi connectivity index (χ0v) is 16.9. The number of rotatable bonds is 5. The number of hydrogen-bond acceptors (Lipinski definition) is 5. The van der Waals surface area contributed by atoms with Gasteiger partial charge in [-0.3, -0.25) is 14.6 Å². The van der Waals surface area contributed by atoms with Gasteiger partial charge in [0.2, 0.25) is 0 Å². The first-order valence-corrected chi connectivity index (χ1v) is 10.6. The molecule has 0 saturated carbocycles. The predicted octanol–water partition coefficient (Wildman–Crippen LogP) is 3.37. The van der Waals surface area contributed by atoms with E-state index in [0.29, 0.717) is 19.1 Å². The van der Waals surface area contributed by atoms with Gasteiger partial charge in [0.1, 0.15) is 18.1 Å². The Morgan fingerprint density at radius 1 is 1.21 bits per heavy atom. The Bertz CT molecular complexity index is 987. The molecule has 3 aliphatic rings. The Balaban J connectivity index is 1.32. The van der Waals surface area contributed by atoms with Crippen molar-refractivity contribution in [1.82, 2.24) is 14.7 Å². The van der Waals surface area contributed by atoms with Crippen LogP contribution in [0.15, 0.2) is 46.5 Å². The Kier molecular flexibility index (Phi) is 5.02. The molecule has 0 fully saturated rings. The minimum atomic E-state index is 0.405. The molecule has 1 atom stereocenters. The molecule has 0 bridgehead atoms. The number of allylic oxidation sites excluding steroid dienone is 1. The number of fused-ring (bicyclic) bond motifs is 2. The molecule has 6 nitrogen and oxygen atoms in total. The van der Waals surface area contributed by atoms with Gasteiger partial charge in [0, 0.05) is 49.9 Å². The summed E-state index contributed by atoms with van der Waals surface area (Å²) in [5.74, 6) is 1.90. The SMILES string of the molecule is CC[C@H](c1ccc2c(c1)OCC2)N1CCc2nn(CC3=NCC=CC=N3)cc2C1. The summed E-state index contributed by atoms with van der Waals surface area (Å²) in [6, 6.07) is 7.20. The third kappa shape index (κ3) is 3.77. The number of ether oxygens (including phenoxy) is 1. The summed E-state index contributed by atoms with van der Waals surface area (Å²) in [5.41, 5.74) is 5.23. The molecule has 29 heavy (non-hydrogen) atoms. The molecule has 0 saturated heterocycles. The van der Waals surface area contributed by atoms with Gasteiger partial charge in [0.05, 0.1) is 18.8 Å². The summed E-state index contributed by atoms with van der Waals surface area (Å²) in [6.07, 6.45) is 11.0. The molecule has 0 amide bonds. The van der Waals surface area contributed by atoms with Crippen LogP contribution in [0.3, 0.4) is 0 Å². The maximum atomic E-state index is 5.80. The Labute approximate surface area is 171 Å². The van der Waals surface area contributed by atoms with Crippen molar-refractivity contribution in [2.45, 2.75) is 45.3 Å². The van der Waals surface area contributed by atoms with Crippen molar-refractivity contribution in [2.24, 2.45) is 9.98 Å². The van der Waals surface area contributed by atoms with Gasteiger partial charge in [-0.2, -0.15) is 5.10 Å². The molecule has 0 N–H and O–H groups in total. The molecular formula is C23H27N5O. The first kappa shape index (κ1) is 18.3. The fourth-order valence-electron chi connectivity index (χ4n) is 4.52. The summed E-state index contributed by atoms with van der Waals surface area (Å²) in [5, 5.41) is 4.81. The normalized spacial score (nSPS) is 19.3. The van der Waals surface area contributed by atoms with E-state index in [1.807, 2.05) is 23.0 Å². The van der Waals surface area contributed by atoms with E-state index in [2.05, 4.69) is 46.2 Å². The molecule has 0 aliphatic carbocycles. The zero-order valence-electron chi connectivity index (χ0n) is 16.9. The minimum Gasteiger partial charge on any atom is -0.493 e. The smallest absolute Gasteiger partial charge is 0.145 e. The third-order valence-electron chi connectivity index (χ3n) is 5.99. The van der Waals surface area contributed by atoms with Gasteiger partial charge in [-0.25, -0.2) is 4.99 Å². The van der Waals surface area contributed by atoms with Gasteiger partial charge in [-0.15, -0.1) is 0 Å². The number of nitrogens with zero attached hydrogens (tertiary/aromatic N) is 5. The van der Waals surface area contributed by atoms with E-state index in [1.165, 1.54) is 22.4 Å². The van der Waals surface area contributed by atoms with E-state index in [4.69, 9.17) is 9.84 Å². The van der Waals surface area contributed by atoms with Crippen LogP contribution in [-0.4, -0.2) is 46.4 Å². The van der Waals surface area contributed by atoms with Crippen molar-refractivity contribution < 1.29 is 4.74 Å². The predicted molar refractivity (Wildman–Crippen MR) is 115 cm³/mol. The van der Waals surface area contributed by atoms with Gasteiger partial charge >= 0.3 is 0 Å². The highest BCUT2D eigenvalue weighted by Crippen LogP contribution is 2.34. The molecule has 0 unspecified atom stereocenters. The van der Waals surface area contributed by atoms with Crippen LogP contribution in [0.5, 0.6) is 5.75 Å². The molecule has 150 valence electrons. The highest BCUT2D eigenvalue weighted by atomic mass is 16.5. The monoisotopic (exact) mass is 389 g/mol. The van der Waals surface area contributed by atoms with E-state index >= 15 is 0 Å². The first-order valence-electron chi connectivity index (χ1n) is 10.6. The highest BCUT2D eigenvalue weighted by Gasteiger charge is 2.27. The van der Waals surface area contributed by atoms with Gasteiger partial charge < -0.3 is 4.74 Å². The van der Waals surface area contributed by atoms with E-state index < -0.39 is 0 Å². The topological polar surface area (TPSA) is 55.0 Å². The van der Waals surface area contributed by atoms with Crippen molar-refractivity contribution in [3.05, 3.63) is 58.9 Å². The average molecular weight is 390 g/mol. The van der Waals surface area contributed by atoms with E-state index in [0.717, 1.165) is 50.5 Å². The minimum absolute atomic E-state index is 0.405. The van der Waals surface area contributed by atoms with Gasteiger partial charge in [0.25, 0.3) is 0 Å². The fourth-order valence-corrected chi connectivity index (χ4v) is 4.52. The van der Waals surface area contributed by atoms with Crippen molar-refractivity contribution in [2.75, 3.05) is 19.7 Å². The largest absolute Gasteiger partial charge is 0.493 e. The Morgan fingerprint density at radius 2 is 2.17 bits per heavy atom. The summed E-state index contributed by atoms with van der Waals surface area (Å²) in [7, 11) is 0. The van der Waals surface area contributed by atoms with Crippen LogP contribution >= 0.6 is 0 Å². The van der Waals surface area contributed by atoms with Gasteiger partial charge in [0.15, 0.2) is 0 Å². The van der Waals surface area contributed by atoms with Crippen LogP contribution in [0.25, 0.3) is 0 Å². The van der Waals surface area contributed by atoms with Crippen LogP contribution in [0, 0.1) is 0 Å². The highest BCUT2D eigenvalue weighted by molar-refractivity contribution is 5.92. The Morgan fingerprint density at radius 3 is 3.10 bits per heavy atom. The van der Waals surface area contributed by atoms with Gasteiger partial charge in [-0.1, -0.05) is 25.1 Å². The molecule has 1 aromatic heterocycles. The molecule has 0 radical (unpaired) electrons. The van der Waals surface area contributed by atoms with Crippen molar-refractivity contribution in [1.29, 1.82) is 0 Å². The summed E-state index contributed by atoms with van der Waals surface area (Å²) in [6.45, 7) is 6.37. The van der Waals surface area contributed by atoms with E-state index in [-0.39, 0.29) is 0 Å². The van der Waals surface area contributed by atoms with Crippen LogP contribution in [0.4, 0.5) is 0 Å². The summed E-state index contributed by atoms with van der Waals surface area (Å²) in [4.78, 5) is 11.5. The number of aliphatic imine (C=N–C) groups is 2. The molecule has 2 aromatic rings. The lowest BCUT2D eigenvalue weighted by atomic mass is 9.97. The molecule has 0 spiro atoms. The van der Waals surface area contributed by atoms with Crippen molar-refractivity contribution >= 4 is 12.1 Å². The lowest BCUT2D eigenvalue weighted by Crippen LogP contribution is -2.33. The van der Waals surface area contributed by atoms with Gasteiger partial charge in [-0.05, 0) is 29.7 Å². The molecular weight excluding hydrogens is 362 g/mol. The molecule has 3 aliphatic heterocycles. The second-order valence-electron chi connectivity index (χ2n) is 7.87. The number of hydrogen-bond donors (Lipinski definition) is 0. The number of aromatic nitrogens is 2. The van der Waals surface area contributed by atoms with E-state index in [1.54, 1.807) is 0 Å². The summed E-state index contributed by atoms with van der Waals surface area (Å²) >= 11 is 0. The number of benzene rings is 1. The molecule has 1 aromatic carbocycles. The van der Waals surface area contributed by atoms with Crippen LogP contribution in [0.2, 0.25) is 0 Å². The van der Waals surface area contributed by atoms with Crippen LogP contribution < -0.4 is 4.74 Å². The molecule has 4 heterocycles. The van der Waals surface area contributed by atoms with E-state index in [9.17, 15) is 0 Å². The van der Waals surface area contributed by atoms with Crippen molar-refractivity contribution in [3.63, 3.8) is 0 Å². The summed E-state index contributed by atoms with van der Waals surface area (Å²) < 4.78 is 7.80. The molecule has 5 rings (SSSR count). The second kappa shape index (κ2) is 7.95. The van der Waals surface area contributed by atoms with Crippen LogP contribution in [0.1, 0.15) is 41.8 Å². The lowest BCUT2D eigenvalue weighted by molar-refractivity contribution is 0.173. The quantitative estimate of drug-likeness (QED) is 0.788. The average Bonchev–Trinajstić information content (AvgIpc) is 3.28. The fraction of sp³-hybridized carbons (Fsp3) is 0.435. The lowest BCUT2D eigenvalue weighted by Gasteiger charge is -2.34. The number of amidine groups is 1. The maximum Gasteiger partial charge on any atom is 0.145 e. The maximum absolute atomic E-state index is 5.80. The first-order chi connectivity index (χ1) is 14.3. The van der Waals surface area contributed by atoms with Crippen molar-refractivity contribution in [3.8, 4) is 5.75 Å². The Hall–Kier alpha value is -2.73.